The second kappa shape index (κ2) is 9.09. The summed E-state index contributed by atoms with van der Waals surface area (Å²) < 4.78 is 74.7. The van der Waals surface area contributed by atoms with Crippen molar-refractivity contribution in [3.63, 3.8) is 0 Å². The Morgan fingerprint density at radius 1 is 1.38 bits per heavy atom. The number of alkyl halides is 3. The first kappa shape index (κ1) is 23.1. The van der Waals surface area contributed by atoms with E-state index in [2.05, 4.69) is 10.1 Å². The van der Waals surface area contributed by atoms with Crippen LogP contribution in [-0.4, -0.2) is 31.1 Å². The van der Waals surface area contributed by atoms with Crippen LogP contribution in [-0.2, 0) is 32.2 Å². The molecule has 0 amide bonds. The molecule has 0 aliphatic carbocycles. The summed E-state index contributed by atoms with van der Waals surface area (Å²) in [6.45, 7) is 2.52. The van der Waals surface area contributed by atoms with Gasteiger partial charge < -0.3 is 9.26 Å². The molecule has 0 saturated carbocycles. The normalized spacial score (nSPS) is 13.3. The van der Waals surface area contributed by atoms with Gasteiger partial charge in [0.1, 0.15) is 11.4 Å². The van der Waals surface area contributed by atoms with E-state index in [1.165, 1.54) is 6.92 Å². The minimum absolute atomic E-state index is 0.0329. The highest BCUT2D eigenvalue weighted by Gasteiger charge is 2.33. The van der Waals surface area contributed by atoms with Gasteiger partial charge in [0.2, 0.25) is 10.0 Å². The lowest BCUT2D eigenvalue weighted by atomic mass is 10.2. The summed E-state index contributed by atoms with van der Waals surface area (Å²) in [5.74, 6) is -0.532. The highest BCUT2D eigenvalue weighted by molar-refractivity contribution is 7.89. The maximum atomic E-state index is 12.8. The van der Waals surface area contributed by atoms with Gasteiger partial charge >= 0.3 is 12.1 Å². The number of carbonyl (C=O) groups is 1. The zero-order chi connectivity index (χ0) is 21.8. The second-order valence-corrected chi connectivity index (χ2v) is 8.04. The lowest BCUT2D eigenvalue weighted by Crippen LogP contribution is -2.31. The van der Waals surface area contributed by atoms with Crippen LogP contribution in [0.15, 0.2) is 27.6 Å². The van der Waals surface area contributed by atoms with Crippen molar-refractivity contribution >= 4 is 27.6 Å². The number of hydrogen-bond donors (Lipinski definition) is 1. The fourth-order valence-corrected chi connectivity index (χ4v) is 3.66. The first-order valence-electron chi connectivity index (χ1n) is 8.32. The number of aryl methyl sites for hydroxylation is 1. The van der Waals surface area contributed by atoms with E-state index in [0.29, 0.717) is 24.4 Å². The molecule has 2 rings (SSSR count). The smallest absolute Gasteiger partial charge is 0.416 e. The van der Waals surface area contributed by atoms with E-state index in [4.69, 9.17) is 20.9 Å². The molecule has 1 aromatic heterocycles. The van der Waals surface area contributed by atoms with Crippen molar-refractivity contribution in [2.45, 2.75) is 43.9 Å². The third-order valence-corrected chi connectivity index (χ3v) is 5.45. The quantitative estimate of drug-likeness (QED) is 0.608. The van der Waals surface area contributed by atoms with Gasteiger partial charge in [0, 0.05) is 6.42 Å². The molecule has 1 heterocycles. The molecule has 0 fully saturated rings. The third kappa shape index (κ3) is 6.15. The Bertz CT molecular complexity index is 978. The molecule has 13 heteroatoms. The summed E-state index contributed by atoms with van der Waals surface area (Å²) in [5, 5.41) is 3.27. The van der Waals surface area contributed by atoms with Crippen molar-refractivity contribution in [2.75, 3.05) is 6.54 Å². The van der Waals surface area contributed by atoms with Crippen LogP contribution in [0.1, 0.15) is 43.7 Å². The molecule has 2 aromatic rings. The summed E-state index contributed by atoms with van der Waals surface area (Å²) in [7, 11) is -4.51. The largest absolute Gasteiger partial charge is 0.452 e. The first-order valence-corrected chi connectivity index (χ1v) is 10.2. The topological polar surface area (TPSA) is 111 Å². The summed E-state index contributed by atoms with van der Waals surface area (Å²) in [6.07, 6.45) is -4.35. The Balaban J connectivity index is 2.03. The van der Waals surface area contributed by atoms with E-state index in [-0.39, 0.29) is 5.89 Å². The fraction of sp³-hybridized carbons (Fsp3) is 0.438. The van der Waals surface area contributed by atoms with Crippen molar-refractivity contribution in [2.24, 2.45) is 0 Å². The highest BCUT2D eigenvalue weighted by atomic mass is 35.5. The van der Waals surface area contributed by atoms with Gasteiger partial charge in [-0.3, -0.25) is 4.79 Å². The standard InChI is InChI=1S/C16H17ClF3N3O5S/c1-3-4-13-22-15(28-23-13)9(2)27-14(24)8-21-29(25,26)12-7-10(16(18,19)20)5-6-11(12)17/h5-7,9,21H,3-4,8H2,1-2H3. The molecule has 1 N–H and O–H groups in total. The van der Waals surface area contributed by atoms with E-state index >= 15 is 0 Å². The lowest BCUT2D eigenvalue weighted by Gasteiger charge is -2.13. The molecule has 8 nitrogen and oxygen atoms in total. The third-order valence-electron chi connectivity index (χ3n) is 3.57. The van der Waals surface area contributed by atoms with Crippen molar-refractivity contribution < 1.29 is 35.6 Å². The maximum absolute atomic E-state index is 12.8. The summed E-state index contributed by atoms with van der Waals surface area (Å²) >= 11 is 5.71. The number of benzene rings is 1. The molecule has 0 saturated heterocycles. The molecular formula is C16H17ClF3N3O5S. The maximum Gasteiger partial charge on any atom is 0.416 e. The average molecular weight is 456 g/mol. The number of nitrogens with one attached hydrogen (secondary N) is 1. The van der Waals surface area contributed by atoms with E-state index < -0.39 is 50.3 Å². The summed E-state index contributed by atoms with van der Waals surface area (Å²) in [4.78, 5) is 15.1. The van der Waals surface area contributed by atoms with Gasteiger partial charge in [-0.05, 0) is 31.5 Å². The average Bonchev–Trinajstić information content (AvgIpc) is 3.08. The summed E-state index contributed by atoms with van der Waals surface area (Å²) in [6, 6.07) is 1.84. The van der Waals surface area contributed by atoms with Crippen LogP contribution < -0.4 is 4.72 Å². The van der Waals surface area contributed by atoms with Crippen molar-refractivity contribution in [1.29, 1.82) is 0 Å². The summed E-state index contributed by atoms with van der Waals surface area (Å²) in [5.41, 5.74) is -1.20. The second-order valence-electron chi connectivity index (χ2n) is 5.90. The Morgan fingerprint density at radius 3 is 2.69 bits per heavy atom. The van der Waals surface area contributed by atoms with Gasteiger partial charge in [-0.15, -0.1) is 0 Å². The number of sulfonamides is 1. The number of esters is 1. The molecular weight excluding hydrogens is 439 g/mol. The van der Waals surface area contributed by atoms with Gasteiger partial charge in [-0.25, -0.2) is 8.42 Å². The number of hydrogen-bond acceptors (Lipinski definition) is 7. The van der Waals surface area contributed by atoms with Gasteiger partial charge in [0.25, 0.3) is 5.89 Å². The Hall–Kier alpha value is -2.18. The zero-order valence-corrected chi connectivity index (χ0v) is 16.9. The minimum atomic E-state index is -4.76. The number of rotatable bonds is 8. The van der Waals surface area contributed by atoms with Gasteiger partial charge in [0.15, 0.2) is 11.9 Å². The molecule has 0 aliphatic rings. The lowest BCUT2D eigenvalue weighted by molar-refractivity contribution is -0.148. The van der Waals surface area contributed by atoms with Crippen molar-refractivity contribution in [3.8, 4) is 0 Å². The number of carbonyl (C=O) groups excluding carboxylic acids is 1. The monoisotopic (exact) mass is 455 g/mol. The van der Waals surface area contributed by atoms with Crippen LogP contribution in [0.3, 0.4) is 0 Å². The molecule has 0 aliphatic heterocycles. The Morgan fingerprint density at radius 2 is 2.07 bits per heavy atom. The zero-order valence-electron chi connectivity index (χ0n) is 15.3. The van der Waals surface area contributed by atoms with Gasteiger partial charge in [-0.1, -0.05) is 23.7 Å². The number of nitrogens with zero attached hydrogens (tertiary/aromatic N) is 2. The van der Waals surface area contributed by atoms with E-state index in [1.807, 2.05) is 11.6 Å². The molecule has 1 unspecified atom stereocenters. The Labute approximate surface area is 169 Å². The fourth-order valence-electron chi connectivity index (χ4n) is 2.16. The predicted molar refractivity (Wildman–Crippen MR) is 94.4 cm³/mol. The van der Waals surface area contributed by atoms with Crippen LogP contribution in [0, 0.1) is 0 Å². The van der Waals surface area contributed by atoms with Crippen molar-refractivity contribution in [3.05, 3.63) is 40.5 Å². The van der Waals surface area contributed by atoms with Gasteiger partial charge in [-0.2, -0.15) is 22.9 Å². The molecule has 160 valence electrons. The van der Waals surface area contributed by atoms with Crippen LogP contribution >= 0.6 is 11.6 Å². The molecule has 29 heavy (non-hydrogen) atoms. The number of halogens is 4. The molecule has 1 aromatic carbocycles. The van der Waals surface area contributed by atoms with Crippen LogP contribution in [0.25, 0.3) is 0 Å². The molecule has 0 bridgehead atoms. The molecule has 0 spiro atoms. The SMILES string of the molecule is CCCc1noc(C(C)OC(=O)CNS(=O)(=O)c2cc(C(F)(F)F)ccc2Cl)n1. The van der Waals surface area contributed by atoms with Crippen molar-refractivity contribution in [1.82, 2.24) is 14.9 Å². The van der Waals surface area contributed by atoms with E-state index in [9.17, 15) is 26.4 Å². The first-order chi connectivity index (χ1) is 13.4. The van der Waals surface area contributed by atoms with E-state index in [0.717, 1.165) is 12.5 Å². The molecule has 1 atom stereocenters. The van der Waals surface area contributed by atoms with Gasteiger partial charge in [0.05, 0.1) is 10.6 Å². The highest BCUT2D eigenvalue weighted by Crippen LogP contribution is 2.33. The number of aromatic nitrogens is 2. The predicted octanol–water partition coefficient (Wildman–Crippen LogP) is 3.28. The number of ether oxygens (including phenoxy) is 1. The van der Waals surface area contributed by atoms with Crippen LogP contribution in [0.4, 0.5) is 13.2 Å². The van der Waals surface area contributed by atoms with Crippen LogP contribution in [0.2, 0.25) is 5.02 Å². The Kier molecular flexibility index (Phi) is 7.25. The van der Waals surface area contributed by atoms with E-state index in [1.54, 1.807) is 0 Å². The minimum Gasteiger partial charge on any atom is -0.452 e. The molecule has 0 radical (unpaired) electrons. The van der Waals surface area contributed by atoms with Crippen LogP contribution in [0.5, 0.6) is 0 Å².